The van der Waals surface area contributed by atoms with Crippen LogP contribution < -0.4 is 5.32 Å². The summed E-state index contributed by atoms with van der Waals surface area (Å²) in [7, 11) is 0. The number of aliphatic hydroxyl groups excluding tert-OH is 1. The van der Waals surface area contributed by atoms with Crippen molar-refractivity contribution in [1.82, 2.24) is 20.4 Å². The molecule has 1 aliphatic heterocycles. The second-order valence-corrected chi connectivity index (χ2v) is 7.24. The molecule has 0 radical (unpaired) electrons. The number of carbonyl (C=O) groups excluding carboxylic acids is 2. The number of morpholine rings is 1. The van der Waals surface area contributed by atoms with Crippen LogP contribution in [0.25, 0.3) is 10.9 Å². The molecule has 1 aliphatic rings. The number of aromatic nitrogens is 2. The van der Waals surface area contributed by atoms with Gasteiger partial charge >= 0.3 is 0 Å². The van der Waals surface area contributed by atoms with E-state index in [1.165, 1.54) is 0 Å². The molecule has 2 N–H and O–H groups in total. The van der Waals surface area contributed by atoms with Crippen molar-refractivity contribution in [3.05, 3.63) is 59.1 Å². The van der Waals surface area contributed by atoms with E-state index in [2.05, 4.69) is 15.5 Å². The first-order valence-corrected chi connectivity index (χ1v) is 10.3. The molecule has 1 aromatic carbocycles. The Kier molecular flexibility index (Phi) is 6.24. The second-order valence-electron chi connectivity index (χ2n) is 7.24. The zero-order valence-corrected chi connectivity index (χ0v) is 17.2. The van der Waals surface area contributed by atoms with E-state index in [9.17, 15) is 9.59 Å². The number of para-hydroxylation sites is 1. The quantitative estimate of drug-likeness (QED) is 0.619. The van der Waals surface area contributed by atoms with Gasteiger partial charge in [0.1, 0.15) is 6.10 Å². The van der Waals surface area contributed by atoms with Gasteiger partial charge < -0.3 is 24.6 Å². The predicted molar refractivity (Wildman–Crippen MR) is 112 cm³/mol. The van der Waals surface area contributed by atoms with Gasteiger partial charge in [-0.05, 0) is 18.6 Å². The fourth-order valence-electron chi connectivity index (χ4n) is 3.56. The van der Waals surface area contributed by atoms with Crippen molar-refractivity contribution in [2.45, 2.75) is 19.4 Å². The third kappa shape index (κ3) is 4.42. The van der Waals surface area contributed by atoms with Gasteiger partial charge in [0.05, 0.1) is 42.2 Å². The van der Waals surface area contributed by atoms with E-state index in [-0.39, 0.29) is 37.3 Å². The van der Waals surface area contributed by atoms with Crippen LogP contribution in [0.15, 0.2) is 40.9 Å². The van der Waals surface area contributed by atoms with Crippen molar-refractivity contribution in [2.24, 2.45) is 0 Å². The van der Waals surface area contributed by atoms with Crippen molar-refractivity contribution in [3.8, 4) is 0 Å². The number of amides is 2. The Labute approximate surface area is 179 Å². The molecule has 31 heavy (non-hydrogen) atoms. The third-order valence-electron chi connectivity index (χ3n) is 5.19. The predicted octanol–water partition coefficient (Wildman–Crippen LogP) is 1.72. The lowest BCUT2D eigenvalue weighted by Gasteiger charge is -2.32. The lowest BCUT2D eigenvalue weighted by atomic mass is 10.0. The third-order valence-corrected chi connectivity index (χ3v) is 5.19. The summed E-state index contributed by atoms with van der Waals surface area (Å²) in [5.41, 5.74) is 2.40. The lowest BCUT2D eigenvalue weighted by Crippen LogP contribution is -2.42. The van der Waals surface area contributed by atoms with Crippen LogP contribution >= 0.6 is 0 Å². The van der Waals surface area contributed by atoms with Crippen molar-refractivity contribution >= 4 is 22.7 Å². The van der Waals surface area contributed by atoms with Crippen LogP contribution in [0.4, 0.5) is 0 Å². The summed E-state index contributed by atoms with van der Waals surface area (Å²) in [4.78, 5) is 31.8. The molecule has 9 nitrogen and oxygen atoms in total. The number of aliphatic hydroxyl groups is 1. The van der Waals surface area contributed by atoms with Gasteiger partial charge in [0, 0.05) is 24.5 Å². The molecule has 9 heteroatoms. The molecule has 1 saturated heterocycles. The Bertz CT molecular complexity index is 1100. The highest BCUT2D eigenvalue weighted by atomic mass is 16.5. The highest BCUT2D eigenvalue weighted by Crippen LogP contribution is 2.27. The van der Waals surface area contributed by atoms with E-state index in [0.717, 1.165) is 5.69 Å². The van der Waals surface area contributed by atoms with Gasteiger partial charge in [0.15, 0.2) is 0 Å². The molecular formula is C22H24N4O5. The van der Waals surface area contributed by atoms with Gasteiger partial charge in [-0.25, -0.2) is 4.98 Å². The van der Waals surface area contributed by atoms with Crippen LogP contribution in [0.2, 0.25) is 0 Å². The maximum atomic E-state index is 12.8. The first-order chi connectivity index (χ1) is 15.1. The Morgan fingerprint density at radius 2 is 2.13 bits per heavy atom. The molecule has 162 valence electrons. The minimum absolute atomic E-state index is 0.147. The zero-order chi connectivity index (χ0) is 21.8. The number of carbonyl (C=O) groups is 2. The lowest BCUT2D eigenvalue weighted by molar-refractivity contribution is -0.0257. The van der Waals surface area contributed by atoms with Gasteiger partial charge in [-0.15, -0.1) is 0 Å². The molecular weight excluding hydrogens is 400 g/mol. The van der Waals surface area contributed by atoms with Crippen LogP contribution in [0, 0.1) is 0 Å². The van der Waals surface area contributed by atoms with Crippen LogP contribution in [-0.2, 0) is 11.2 Å². The minimum atomic E-state index is -0.486. The molecule has 3 aromatic rings. The summed E-state index contributed by atoms with van der Waals surface area (Å²) in [6, 6.07) is 10.7. The van der Waals surface area contributed by atoms with Gasteiger partial charge in [0.25, 0.3) is 11.8 Å². The van der Waals surface area contributed by atoms with Crippen LogP contribution in [-0.4, -0.2) is 64.8 Å². The average Bonchev–Trinajstić information content (AvgIpc) is 3.30. The van der Waals surface area contributed by atoms with Gasteiger partial charge in [-0.3, -0.25) is 9.59 Å². The van der Waals surface area contributed by atoms with Crippen LogP contribution in [0.3, 0.4) is 0 Å². The van der Waals surface area contributed by atoms with Gasteiger partial charge in [-0.2, -0.15) is 0 Å². The van der Waals surface area contributed by atoms with E-state index in [4.69, 9.17) is 14.4 Å². The number of nitrogens with zero attached hydrogens (tertiary/aromatic N) is 3. The Balaban J connectivity index is 1.61. The van der Waals surface area contributed by atoms with Crippen molar-refractivity contribution in [3.63, 3.8) is 0 Å². The molecule has 1 unspecified atom stereocenters. The largest absolute Gasteiger partial charge is 0.395 e. The second kappa shape index (κ2) is 9.23. The number of benzene rings is 1. The summed E-state index contributed by atoms with van der Waals surface area (Å²) in [5.74, 6) is -0.346. The van der Waals surface area contributed by atoms with Crippen LogP contribution in [0.1, 0.15) is 45.3 Å². The Morgan fingerprint density at radius 1 is 1.29 bits per heavy atom. The highest BCUT2D eigenvalue weighted by Gasteiger charge is 2.30. The molecule has 2 amide bonds. The van der Waals surface area contributed by atoms with Crippen molar-refractivity contribution in [2.75, 3.05) is 32.8 Å². The average molecular weight is 424 g/mol. The summed E-state index contributed by atoms with van der Waals surface area (Å²) < 4.78 is 11.1. The SMILES string of the molecule is CCc1cc(C(=O)N2CCOC(c3cc(C(=O)NCCO)c4ccccc4n3)C2)on1. The van der Waals surface area contributed by atoms with E-state index in [1.807, 2.05) is 31.2 Å². The molecule has 0 aliphatic carbocycles. The minimum Gasteiger partial charge on any atom is -0.395 e. The molecule has 0 saturated carbocycles. The molecule has 4 rings (SSSR count). The number of hydrogen-bond donors (Lipinski definition) is 2. The number of ether oxygens (including phenoxy) is 1. The molecule has 1 atom stereocenters. The summed E-state index contributed by atoms with van der Waals surface area (Å²) in [6.45, 7) is 3.00. The van der Waals surface area contributed by atoms with Gasteiger partial charge in [0.2, 0.25) is 5.76 Å². The number of rotatable bonds is 6. The molecule has 1 fully saturated rings. The van der Waals surface area contributed by atoms with E-state index >= 15 is 0 Å². The first kappa shape index (κ1) is 21.0. The van der Waals surface area contributed by atoms with Gasteiger partial charge in [-0.1, -0.05) is 30.3 Å². The Hall–Kier alpha value is -3.30. The van der Waals surface area contributed by atoms with Crippen molar-refractivity contribution in [1.29, 1.82) is 0 Å². The number of fused-ring (bicyclic) bond motifs is 1. The number of hydrogen-bond acceptors (Lipinski definition) is 7. The summed E-state index contributed by atoms with van der Waals surface area (Å²) in [5, 5.41) is 16.3. The highest BCUT2D eigenvalue weighted by molar-refractivity contribution is 6.06. The normalized spacial score (nSPS) is 16.5. The summed E-state index contributed by atoms with van der Waals surface area (Å²) >= 11 is 0. The van der Waals surface area contributed by atoms with Crippen LogP contribution in [0.5, 0.6) is 0 Å². The first-order valence-electron chi connectivity index (χ1n) is 10.3. The maximum absolute atomic E-state index is 12.8. The molecule has 0 spiro atoms. The van der Waals surface area contributed by atoms with E-state index in [1.54, 1.807) is 17.0 Å². The topological polar surface area (TPSA) is 118 Å². The van der Waals surface area contributed by atoms with Crippen molar-refractivity contribution < 1.29 is 24.0 Å². The number of nitrogens with one attached hydrogen (secondary N) is 1. The number of pyridine rings is 1. The van der Waals surface area contributed by atoms with E-state index in [0.29, 0.717) is 41.7 Å². The van der Waals surface area contributed by atoms with E-state index < -0.39 is 6.10 Å². The molecule has 2 aromatic heterocycles. The number of aryl methyl sites for hydroxylation is 1. The monoisotopic (exact) mass is 424 g/mol. The molecule has 0 bridgehead atoms. The standard InChI is InChI=1S/C22H24N4O5/c1-2-14-11-19(31-25-14)22(29)26-8-10-30-20(13-26)18-12-16(21(28)23-7-9-27)15-5-3-4-6-17(15)24-18/h3-6,11-12,20,27H,2,7-10,13H2,1H3,(H,23,28). The molecule has 3 heterocycles. The fraction of sp³-hybridized carbons (Fsp3) is 0.364. The Morgan fingerprint density at radius 3 is 2.90 bits per heavy atom. The summed E-state index contributed by atoms with van der Waals surface area (Å²) in [6.07, 6.45) is 0.199. The maximum Gasteiger partial charge on any atom is 0.292 e. The smallest absolute Gasteiger partial charge is 0.292 e. The zero-order valence-electron chi connectivity index (χ0n) is 17.2. The fourth-order valence-corrected chi connectivity index (χ4v) is 3.56.